The van der Waals surface area contributed by atoms with E-state index >= 15 is 0 Å². The zero-order valence-corrected chi connectivity index (χ0v) is 5.15. The minimum atomic E-state index is 0. The van der Waals surface area contributed by atoms with Gasteiger partial charge in [0.05, 0.1) is 0 Å². The first kappa shape index (κ1) is 688. The van der Waals surface area contributed by atoms with Crippen molar-refractivity contribution < 1.29 is 49.8 Å². The molecule has 0 rings (SSSR count). The van der Waals surface area contributed by atoms with E-state index < -0.39 is 0 Å². The van der Waals surface area contributed by atoms with Gasteiger partial charge in [-0.2, -0.15) is 0 Å². The molecule has 0 aromatic heterocycles. The average Bonchev–Trinajstić information content (AvgIpc) is 0. The minimum Gasteiger partial charge on any atom is -0.412 e. The third kappa shape index (κ3) is 195. The molecule has 6 heteroatoms. The molecule has 0 aromatic rings. The van der Waals surface area contributed by atoms with Crippen LogP contribution >= 0.6 is 0 Å². The van der Waals surface area contributed by atoms with Crippen LogP contribution in [0.15, 0.2) is 0 Å². The maximum Gasteiger partial charge on any atom is 0 e. The molecule has 0 atom stereocenters. The molecule has 5 nitrogen and oxygen atoms in total. The quantitative estimate of drug-likeness (QED) is 0.334. The van der Waals surface area contributed by atoms with Crippen LogP contribution in [-0.2, 0) is 22.4 Å². The molecule has 0 fully saturated rings. The van der Waals surface area contributed by atoms with Crippen LogP contribution in [0, 0.1) is 0 Å². The molecule has 0 unspecified atom stereocenters. The summed E-state index contributed by atoms with van der Waals surface area (Å²) in [7, 11) is 0. The van der Waals surface area contributed by atoms with E-state index in [4.69, 9.17) is 0 Å². The van der Waals surface area contributed by atoms with E-state index in [0.29, 0.717) is 0 Å². The fraction of sp³-hybridized carbons (Fsp3) is 0. The van der Waals surface area contributed by atoms with Crippen LogP contribution in [0.5, 0.6) is 0 Å². The predicted octanol–water partition coefficient (Wildman–Crippen LogP) is -4.13. The zero-order chi connectivity index (χ0) is 0. The second-order valence-corrected chi connectivity index (χ2v) is 0. The van der Waals surface area contributed by atoms with E-state index in [1.165, 1.54) is 0 Å². The molecule has 0 saturated heterocycles. The molecule has 0 heterocycles. The summed E-state index contributed by atoms with van der Waals surface area (Å²) in [6, 6.07) is 0. The fourth-order valence-corrected chi connectivity index (χ4v) is 0. The Balaban J connectivity index is 0. The maximum atomic E-state index is 0. The van der Waals surface area contributed by atoms with Gasteiger partial charge >= 0.3 is 0 Å². The number of hydrogen-bond acceptors (Lipinski definition) is 0. The van der Waals surface area contributed by atoms with Gasteiger partial charge in [-0.3, -0.25) is 0 Å². The molecule has 0 amide bonds. The number of rotatable bonds is 0. The maximum absolute atomic E-state index is 0. The molecule has 0 saturated carbocycles. The van der Waals surface area contributed by atoms with Crippen LogP contribution in [0.2, 0.25) is 0 Å². The molecule has 0 aromatic carbocycles. The van der Waals surface area contributed by atoms with Gasteiger partial charge in [-0.25, -0.2) is 0 Å². The van der Waals surface area contributed by atoms with Crippen LogP contribution in [0.1, 0.15) is 0 Å². The van der Waals surface area contributed by atoms with Gasteiger partial charge in [-0.1, -0.05) is 0 Å². The van der Waals surface area contributed by atoms with Crippen molar-refractivity contribution >= 4 is 0 Å². The molecular weight excluding hydrogens is 173 g/mol. The Hall–Kier alpha value is 0.540. The Bertz CT molecular complexity index is 3.90. The largest absolute Gasteiger partial charge is 0.412 e. The van der Waals surface area contributed by atoms with Crippen molar-refractivity contribution in [2.24, 2.45) is 0 Å². The van der Waals surface area contributed by atoms with E-state index in [0.717, 1.165) is 0 Å². The normalized spacial score (nSPS) is 0. The Morgan fingerprint density at radius 3 is 0.333 bits per heavy atom. The Morgan fingerprint density at radius 1 is 0.333 bits per heavy atom. The monoisotopic (exact) mass is 183 g/mol. The van der Waals surface area contributed by atoms with Crippen molar-refractivity contribution in [1.29, 1.82) is 0 Å². The van der Waals surface area contributed by atoms with Gasteiger partial charge < -0.3 is 27.4 Å². The second-order valence-electron chi connectivity index (χ2n) is 0. The fourth-order valence-electron chi connectivity index (χ4n) is 0. The minimum absolute atomic E-state index is 0. The standard InChI is InChI=1S/Nb.5H2O/h;5*1H2. The third-order valence-corrected chi connectivity index (χ3v) is 0. The van der Waals surface area contributed by atoms with Gasteiger partial charge in [0.2, 0.25) is 0 Å². The van der Waals surface area contributed by atoms with Gasteiger partial charge in [0.25, 0.3) is 0 Å². The molecular formula is H10NbO5. The van der Waals surface area contributed by atoms with Crippen molar-refractivity contribution in [2.75, 3.05) is 0 Å². The summed E-state index contributed by atoms with van der Waals surface area (Å²) in [6.07, 6.45) is 0. The molecule has 6 heavy (non-hydrogen) atoms. The SMILES string of the molecule is O.O.O.O.O.[Nb]. The summed E-state index contributed by atoms with van der Waals surface area (Å²) in [5, 5.41) is 0. The third-order valence-electron chi connectivity index (χ3n) is 0. The van der Waals surface area contributed by atoms with Crippen LogP contribution in [-0.4, -0.2) is 27.4 Å². The first-order valence-corrected chi connectivity index (χ1v) is 0. The predicted molar refractivity (Wildman–Crippen MR) is 18.1 cm³/mol. The molecule has 0 aliphatic heterocycles. The smallest absolute Gasteiger partial charge is 0 e. The summed E-state index contributed by atoms with van der Waals surface area (Å²) >= 11 is 0. The van der Waals surface area contributed by atoms with Crippen molar-refractivity contribution in [1.82, 2.24) is 0 Å². The zero-order valence-electron chi connectivity index (χ0n) is 2.95. The van der Waals surface area contributed by atoms with Crippen molar-refractivity contribution in [3.8, 4) is 0 Å². The van der Waals surface area contributed by atoms with E-state index in [-0.39, 0.29) is 49.8 Å². The summed E-state index contributed by atoms with van der Waals surface area (Å²) < 4.78 is 0. The van der Waals surface area contributed by atoms with Crippen molar-refractivity contribution in [2.45, 2.75) is 0 Å². The van der Waals surface area contributed by atoms with Crippen LogP contribution in [0.4, 0.5) is 0 Å². The van der Waals surface area contributed by atoms with Crippen LogP contribution in [0.3, 0.4) is 0 Å². The molecule has 0 bridgehead atoms. The molecule has 0 aliphatic rings. The van der Waals surface area contributed by atoms with Crippen molar-refractivity contribution in [3.05, 3.63) is 0 Å². The molecule has 0 spiro atoms. The van der Waals surface area contributed by atoms with E-state index in [9.17, 15) is 0 Å². The summed E-state index contributed by atoms with van der Waals surface area (Å²) in [4.78, 5) is 0. The molecule has 45 valence electrons. The summed E-state index contributed by atoms with van der Waals surface area (Å²) in [5.41, 5.74) is 0. The first-order valence-electron chi connectivity index (χ1n) is 0. The molecule has 10 N–H and O–H groups in total. The number of hydrogen-bond donors (Lipinski definition) is 0. The van der Waals surface area contributed by atoms with Gasteiger partial charge in [-0.15, -0.1) is 0 Å². The summed E-state index contributed by atoms with van der Waals surface area (Å²) in [5.74, 6) is 0. The first-order chi connectivity index (χ1) is 0. The summed E-state index contributed by atoms with van der Waals surface area (Å²) in [6.45, 7) is 0. The van der Waals surface area contributed by atoms with Gasteiger partial charge in [-0.05, 0) is 0 Å². The van der Waals surface area contributed by atoms with Crippen LogP contribution < -0.4 is 0 Å². The van der Waals surface area contributed by atoms with Crippen molar-refractivity contribution in [3.63, 3.8) is 0 Å². The molecule has 1 radical (unpaired) electrons. The van der Waals surface area contributed by atoms with E-state index in [1.807, 2.05) is 0 Å². The Labute approximate surface area is 50.4 Å². The molecule has 0 aliphatic carbocycles. The van der Waals surface area contributed by atoms with E-state index in [1.54, 1.807) is 0 Å². The second kappa shape index (κ2) is 391. The van der Waals surface area contributed by atoms with Gasteiger partial charge in [0, 0.05) is 22.4 Å². The topological polar surface area (TPSA) is 158 Å². The van der Waals surface area contributed by atoms with Gasteiger partial charge in [0.1, 0.15) is 0 Å². The van der Waals surface area contributed by atoms with Crippen LogP contribution in [0.25, 0.3) is 0 Å². The van der Waals surface area contributed by atoms with Gasteiger partial charge in [0.15, 0.2) is 0 Å². The van der Waals surface area contributed by atoms with E-state index in [2.05, 4.69) is 0 Å². The Kier molecular flexibility index (Phi) is 44900. The Morgan fingerprint density at radius 2 is 0.333 bits per heavy atom. The average molecular weight is 183 g/mol.